The van der Waals surface area contributed by atoms with Crippen LogP contribution in [0, 0.1) is 25.5 Å². The van der Waals surface area contributed by atoms with Gasteiger partial charge in [0.05, 0.1) is 34.3 Å². The van der Waals surface area contributed by atoms with E-state index in [4.69, 9.17) is 0 Å². The summed E-state index contributed by atoms with van der Waals surface area (Å²) < 4.78 is 187. The van der Waals surface area contributed by atoms with E-state index in [0.717, 1.165) is 47.1 Å². The van der Waals surface area contributed by atoms with E-state index in [-0.39, 0.29) is 60.2 Å². The fourth-order valence-electron chi connectivity index (χ4n) is 10.5. The molecule has 0 aliphatic carbocycles. The third-order valence-electron chi connectivity index (χ3n) is 14.3. The summed E-state index contributed by atoms with van der Waals surface area (Å²) in [4.78, 5) is 37.1. The molecule has 6 rings (SSSR count). The van der Waals surface area contributed by atoms with E-state index in [2.05, 4.69) is 9.80 Å². The average molecular weight is 1170 g/mol. The van der Waals surface area contributed by atoms with Gasteiger partial charge in [-0.1, -0.05) is 39.8 Å². The Labute approximate surface area is 458 Å². The number of carbonyl (C=O) groups excluding carboxylic acids is 2. The Morgan fingerprint density at radius 1 is 0.487 bits per heavy atom. The summed E-state index contributed by atoms with van der Waals surface area (Å²) in [6, 6.07) is 9.71. The minimum absolute atomic E-state index is 0. The lowest BCUT2D eigenvalue weighted by atomic mass is 9.88. The maximum absolute atomic E-state index is 13.8. The normalized spacial score (nSPS) is 18.2. The zero-order valence-electron chi connectivity index (χ0n) is 44.3. The van der Waals surface area contributed by atoms with Gasteiger partial charge >= 0.3 is 36.8 Å². The Balaban J connectivity index is 0.000000400. The standard InChI is InChI=1S/2C27H32F7N3O.2ClH/c2*1-5-36(6-2)22-9-10-37(24(15-22)23-8-7-21(28)11-17(23)3)25(38)35(4)16-18-12-19(26(29,30)31)14-20(13-18)27(32,33)34;;/h2*7-8,11-14,22,24H,5-6,9-10,15-16H2,1-4H3;2*1H/t2*22-,24-;;/m10../s1. The molecule has 0 aromatic heterocycles. The van der Waals surface area contributed by atoms with Crippen LogP contribution in [-0.2, 0) is 37.8 Å². The summed E-state index contributed by atoms with van der Waals surface area (Å²) in [6.07, 6.45) is -17.5. The molecule has 2 aliphatic heterocycles. The Morgan fingerprint density at radius 3 is 1.01 bits per heavy atom. The van der Waals surface area contributed by atoms with Crippen LogP contribution in [0.5, 0.6) is 0 Å². The molecular weight excluding hydrogens is 1100 g/mol. The third kappa shape index (κ3) is 17.0. The van der Waals surface area contributed by atoms with Gasteiger partial charge in [0.15, 0.2) is 0 Å². The smallest absolute Gasteiger partial charge is 0.323 e. The fraction of sp³-hybridized carbons (Fsp3) is 0.519. The van der Waals surface area contributed by atoms with Crippen LogP contribution in [0.15, 0.2) is 72.8 Å². The van der Waals surface area contributed by atoms with Gasteiger partial charge in [-0.05, 0) is 160 Å². The number of hydrogen-bond acceptors (Lipinski definition) is 4. The second kappa shape index (κ2) is 27.4. The highest BCUT2D eigenvalue weighted by atomic mass is 35.5. The monoisotopic (exact) mass is 1170 g/mol. The number of piperidine rings is 2. The van der Waals surface area contributed by atoms with E-state index in [1.165, 1.54) is 38.4 Å². The van der Waals surface area contributed by atoms with Crippen LogP contribution in [0.3, 0.4) is 0 Å². The number of amides is 4. The van der Waals surface area contributed by atoms with Gasteiger partial charge in [0.1, 0.15) is 11.6 Å². The van der Waals surface area contributed by atoms with Crippen molar-refractivity contribution < 1.29 is 71.1 Å². The van der Waals surface area contributed by atoms with Crippen molar-refractivity contribution in [3.8, 4) is 0 Å². The SMILES string of the molecule is CCN(CC)[C@@H]1CCN(C(=O)N(C)Cc2cc(C(F)(F)F)cc(C(F)(F)F)c2)[C@@H](c2ccc(F)cc2C)C1.CCN(CC)[C@H]1CCN(C(=O)N(C)Cc2cc(C(F)(F)F)cc(C(F)(F)F)c2)[C@H](c2ccc(F)cc2C)C1.Cl.Cl. The van der Waals surface area contributed by atoms with E-state index in [1.54, 1.807) is 35.8 Å². The molecule has 4 aromatic rings. The summed E-state index contributed by atoms with van der Waals surface area (Å²) in [5.41, 5.74) is -3.46. The van der Waals surface area contributed by atoms with Crippen LogP contribution in [0.4, 0.5) is 71.1 Å². The first-order chi connectivity index (χ1) is 35.3. The second-order valence-electron chi connectivity index (χ2n) is 19.3. The van der Waals surface area contributed by atoms with Crippen molar-refractivity contribution in [3.05, 3.63) is 140 Å². The van der Waals surface area contributed by atoms with E-state index in [1.807, 2.05) is 27.7 Å². The van der Waals surface area contributed by atoms with Crippen LogP contribution < -0.4 is 0 Å². The topological polar surface area (TPSA) is 53.6 Å². The van der Waals surface area contributed by atoms with Crippen molar-refractivity contribution in [1.29, 1.82) is 0 Å². The fourth-order valence-corrected chi connectivity index (χ4v) is 10.5. The molecule has 2 fully saturated rings. The Kier molecular flexibility index (Phi) is 23.6. The molecule has 0 unspecified atom stereocenters. The molecule has 78 heavy (non-hydrogen) atoms. The molecule has 0 N–H and O–H groups in total. The maximum atomic E-state index is 13.8. The molecule has 24 heteroatoms. The Bertz CT molecular complexity index is 2380. The lowest BCUT2D eigenvalue weighted by Crippen LogP contribution is -2.51. The number of alkyl halides is 12. The lowest BCUT2D eigenvalue weighted by Gasteiger charge is -2.44. The number of urea groups is 2. The Hall–Kier alpha value is -5.06. The predicted molar refractivity (Wildman–Crippen MR) is 274 cm³/mol. The molecular formula is C54H66Cl2F14N6O2. The van der Waals surface area contributed by atoms with Crippen LogP contribution in [0.25, 0.3) is 0 Å². The van der Waals surface area contributed by atoms with Gasteiger partial charge in [-0.15, -0.1) is 24.8 Å². The van der Waals surface area contributed by atoms with Crippen molar-refractivity contribution in [2.24, 2.45) is 0 Å². The van der Waals surface area contributed by atoms with Crippen LogP contribution in [-0.4, -0.2) is 107 Å². The molecule has 4 atom stereocenters. The van der Waals surface area contributed by atoms with Crippen LogP contribution in [0.2, 0.25) is 0 Å². The number of halogens is 16. The van der Waals surface area contributed by atoms with Crippen molar-refractivity contribution in [2.45, 2.75) is 129 Å². The first kappa shape index (κ1) is 67.2. The quantitative estimate of drug-likeness (QED) is 0.133. The van der Waals surface area contributed by atoms with E-state index in [9.17, 15) is 71.1 Å². The molecule has 0 radical (unpaired) electrons. The summed E-state index contributed by atoms with van der Waals surface area (Å²) in [5.74, 6) is -0.829. The number of benzene rings is 4. The number of rotatable bonds is 12. The zero-order chi connectivity index (χ0) is 56.8. The van der Waals surface area contributed by atoms with Crippen LogP contribution >= 0.6 is 24.8 Å². The number of aryl methyl sites for hydroxylation is 2. The molecule has 436 valence electrons. The Morgan fingerprint density at radius 2 is 0.769 bits per heavy atom. The average Bonchev–Trinajstić information content (AvgIpc) is 3.33. The second-order valence-corrected chi connectivity index (χ2v) is 19.3. The predicted octanol–water partition coefficient (Wildman–Crippen LogP) is 15.4. The molecule has 2 saturated heterocycles. The van der Waals surface area contributed by atoms with Gasteiger partial charge in [-0.25, -0.2) is 18.4 Å². The molecule has 2 heterocycles. The van der Waals surface area contributed by atoms with Gasteiger partial charge in [0.2, 0.25) is 0 Å². The third-order valence-corrected chi connectivity index (χ3v) is 14.3. The lowest BCUT2D eigenvalue weighted by molar-refractivity contribution is -0.144. The number of nitrogens with zero attached hydrogens (tertiary/aromatic N) is 6. The van der Waals surface area contributed by atoms with Crippen molar-refractivity contribution in [1.82, 2.24) is 29.4 Å². The number of likely N-dealkylation sites (tertiary alicyclic amines) is 2. The molecule has 8 nitrogen and oxygen atoms in total. The zero-order valence-corrected chi connectivity index (χ0v) is 46.0. The van der Waals surface area contributed by atoms with Gasteiger partial charge in [0.25, 0.3) is 0 Å². The number of carbonyl (C=O) groups is 2. The summed E-state index contributed by atoms with van der Waals surface area (Å²) >= 11 is 0. The minimum atomic E-state index is -4.98. The maximum Gasteiger partial charge on any atom is 0.416 e. The summed E-state index contributed by atoms with van der Waals surface area (Å²) in [7, 11) is 2.70. The summed E-state index contributed by atoms with van der Waals surface area (Å²) in [5, 5.41) is 0. The van der Waals surface area contributed by atoms with Gasteiger partial charge in [-0.2, -0.15) is 52.7 Å². The van der Waals surface area contributed by atoms with Gasteiger partial charge < -0.3 is 29.4 Å². The first-order valence-electron chi connectivity index (χ1n) is 24.9. The minimum Gasteiger partial charge on any atom is -0.323 e. The van der Waals surface area contributed by atoms with Crippen molar-refractivity contribution >= 4 is 36.9 Å². The van der Waals surface area contributed by atoms with Crippen molar-refractivity contribution in [2.75, 3.05) is 53.4 Å². The van der Waals surface area contributed by atoms with Gasteiger partial charge in [-0.3, -0.25) is 0 Å². The molecule has 4 aromatic carbocycles. The molecule has 2 aliphatic rings. The van der Waals surface area contributed by atoms with Crippen molar-refractivity contribution in [3.63, 3.8) is 0 Å². The summed E-state index contributed by atoms with van der Waals surface area (Å²) in [6.45, 7) is 14.6. The van der Waals surface area contributed by atoms with E-state index >= 15 is 0 Å². The highest BCUT2D eigenvalue weighted by Gasteiger charge is 2.41. The molecule has 0 bridgehead atoms. The van der Waals surface area contributed by atoms with Crippen LogP contribution in [0.1, 0.15) is 121 Å². The highest BCUT2D eigenvalue weighted by Crippen LogP contribution is 2.41. The van der Waals surface area contributed by atoms with Gasteiger partial charge in [0, 0.05) is 52.4 Å². The highest BCUT2D eigenvalue weighted by molar-refractivity contribution is 5.85. The molecule has 0 spiro atoms. The van der Waals surface area contributed by atoms with E-state index < -0.39 is 95.8 Å². The molecule has 4 amide bonds. The largest absolute Gasteiger partial charge is 0.416 e. The molecule has 0 saturated carbocycles. The number of hydrogen-bond donors (Lipinski definition) is 0. The first-order valence-corrected chi connectivity index (χ1v) is 24.9. The van der Waals surface area contributed by atoms with E-state index in [0.29, 0.717) is 74.2 Å².